The van der Waals surface area contributed by atoms with Crippen molar-refractivity contribution in [2.45, 2.75) is 0 Å². The average molecular weight is 261 g/mol. The highest BCUT2D eigenvalue weighted by Gasteiger charge is 2.10. The van der Waals surface area contributed by atoms with Crippen LogP contribution in [0.4, 0.5) is 5.69 Å². The fraction of sp³-hybridized carbons (Fsp3) is 0. The molecular weight excluding hydrogens is 250 g/mol. The number of benzene rings is 2. The van der Waals surface area contributed by atoms with Crippen LogP contribution < -0.4 is 5.73 Å². The number of nitrogens with zero attached hydrogens (tertiary/aromatic N) is 4. The minimum atomic E-state index is 0.685. The summed E-state index contributed by atoms with van der Waals surface area (Å²) in [4.78, 5) is 8.64. The highest BCUT2D eigenvalue weighted by atomic mass is 15.3. The zero-order chi connectivity index (χ0) is 13.5. The highest BCUT2D eigenvalue weighted by molar-refractivity contribution is 5.90. The molecule has 0 aliphatic carbocycles. The van der Waals surface area contributed by atoms with Crippen molar-refractivity contribution in [1.82, 2.24) is 19.7 Å². The first kappa shape index (κ1) is 10.9. The van der Waals surface area contributed by atoms with Gasteiger partial charge in [-0.05, 0) is 24.3 Å². The van der Waals surface area contributed by atoms with Crippen LogP contribution in [0.5, 0.6) is 0 Å². The second-order valence-corrected chi connectivity index (χ2v) is 4.59. The van der Waals surface area contributed by atoms with Crippen LogP contribution in [-0.4, -0.2) is 19.7 Å². The first-order chi connectivity index (χ1) is 9.83. The molecule has 5 nitrogen and oxygen atoms in total. The third-order valence-electron chi connectivity index (χ3n) is 3.32. The van der Waals surface area contributed by atoms with Crippen molar-refractivity contribution in [2.24, 2.45) is 0 Å². The van der Waals surface area contributed by atoms with Gasteiger partial charge in [0.05, 0.1) is 17.2 Å². The van der Waals surface area contributed by atoms with Gasteiger partial charge in [0.15, 0.2) is 5.82 Å². The Balaban J connectivity index is 2.09. The lowest BCUT2D eigenvalue weighted by molar-refractivity contribution is 0.878. The summed E-state index contributed by atoms with van der Waals surface area (Å²) in [6.07, 6.45) is 3.37. The average Bonchev–Trinajstić information content (AvgIpc) is 2.90. The predicted octanol–water partition coefficient (Wildman–Crippen LogP) is 2.55. The number of anilines is 1. The minimum absolute atomic E-state index is 0.685. The second kappa shape index (κ2) is 4.03. The molecule has 0 aliphatic rings. The van der Waals surface area contributed by atoms with Gasteiger partial charge < -0.3 is 5.73 Å². The molecule has 2 aromatic carbocycles. The molecule has 2 heterocycles. The van der Waals surface area contributed by atoms with Crippen LogP contribution in [0, 0.1) is 0 Å². The van der Waals surface area contributed by atoms with Crippen LogP contribution >= 0.6 is 0 Å². The van der Waals surface area contributed by atoms with Crippen molar-refractivity contribution in [3.05, 3.63) is 55.0 Å². The van der Waals surface area contributed by atoms with Crippen molar-refractivity contribution in [3.63, 3.8) is 0 Å². The van der Waals surface area contributed by atoms with Crippen molar-refractivity contribution >= 4 is 27.5 Å². The van der Waals surface area contributed by atoms with Crippen LogP contribution in [0.25, 0.3) is 27.6 Å². The van der Waals surface area contributed by atoms with Gasteiger partial charge in [0.1, 0.15) is 6.33 Å². The van der Waals surface area contributed by atoms with Gasteiger partial charge in [-0.1, -0.05) is 18.2 Å². The number of aromatic nitrogens is 4. The van der Waals surface area contributed by atoms with Gasteiger partial charge >= 0.3 is 0 Å². The van der Waals surface area contributed by atoms with Gasteiger partial charge in [0, 0.05) is 16.5 Å². The topological polar surface area (TPSA) is 69.6 Å². The molecule has 0 spiro atoms. The SMILES string of the molecule is Nc1ccc2ncnc(-n3ncc4ccccc43)c2c1. The van der Waals surface area contributed by atoms with E-state index in [9.17, 15) is 0 Å². The first-order valence-corrected chi connectivity index (χ1v) is 6.26. The molecule has 0 saturated carbocycles. The second-order valence-electron chi connectivity index (χ2n) is 4.59. The normalized spacial score (nSPS) is 11.2. The van der Waals surface area contributed by atoms with E-state index in [4.69, 9.17) is 5.73 Å². The van der Waals surface area contributed by atoms with Crippen molar-refractivity contribution in [1.29, 1.82) is 0 Å². The maximum Gasteiger partial charge on any atom is 0.165 e. The Morgan fingerprint density at radius 2 is 1.90 bits per heavy atom. The number of hydrogen-bond acceptors (Lipinski definition) is 4. The van der Waals surface area contributed by atoms with Gasteiger partial charge in [0.25, 0.3) is 0 Å². The van der Waals surface area contributed by atoms with E-state index in [-0.39, 0.29) is 0 Å². The smallest absolute Gasteiger partial charge is 0.165 e. The van der Waals surface area contributed by atoms with E-state index < -0.39 is 0 Å². The molecule has 0 unspecified atom stereocenters. The molecule has 20 heavy (non-hydrogen) atoms. The van der Waals surface area contributed by atoms with Crippen molar-refractivity contribution < 1.29 is 0 Å². The van der Waals surface area contributed by atoms with E-state index in [0.29, 0.717) is 5.69 Å². The number of nitrogens with two attached hydrogens (primary N) is 1. The van der Waals surface area contributed by atoms with E-state index >= 15 is 0 Å². The summed E-state index contributed by atoms with van der Waals surface area (Å²) in [5.74, 6) is 0.739. The maximum atomic E-state index is 5.87. The summed E-state index contributed by atoms with van der Waals surface area (Å²) < 4.78 is 1.82. The Morgan fingerprint density at radius 1 is 1.00 bits per heavy atom. The summed E-state index contributed by atoms with van der Waals surface area (Å²) in [5.41, 5.74) is 8.42. The molecule has 0 aliphatic heterocycles. The number of hydrogen-bond donors (Lipinski definition) is 1. The fourth-order valence-electron chi connectivity index (χ4n) is 2.37. The highest BCUT2D eigenvalue weighted by Crippen LogP contribution is 2.23. The third kappa shape index (κ3) is 1.53. The van der Waals surface area contributed by atoms with E-state index in [1.54, 1.807) is 6.33 Å². The summed E-state index contributed by atoms with van der Waals surface area (Å²) in [6, 6.07) is 13.6. The fourth-order valence-corrected chi connectivity index (χ4v) is 2.37. The third-order valence-corrected chi connectivity index (χ3v) is 3.32. The molecule has 0 fully saturated rings. The number of fused-ring (bicyclic) bond motifs is 2. The van der Waals surface area contributed by atoms with Gasteiger partial charge in [-0.25, -0.2) is 14.6 Å². The lowest BCUT2D eigenvalue weighted by atomic mass is 10.2. The molecule has 96 valence electrons. The van der Waals surface area contributed by atoms with E-state index in [0.717, 1.165) is 27.6 Å². The van der Waals surface area contributed by atoms with Gasteiger partial charge in [-0.3, -0.25) is 0 Å². The minimum Gasteiger partial charge on any atom is -0.399 e. The summed E-state index contributed by atoms with van der Waals surface area (Å²) >= 11 is 0. The zero-order valence-corrected chi connectivity index (χ0v) is 10.6. The quantitative estimate of drug-likeness (QED) is 0.534. The van der Waals surface area contributed by atoms with Crippen molar-refractivity contribution in [3.8, 4) is 5.82 Å². The molecule has 0 radical (unpaired) electrons. The molecule has 2 N–H and O–H groups in total. The van der Waals surface area contributed by atoms with Crippen LogP contribution in [0.2, 0.25) is 0 Å². The number of nitrogen functional groups attached to an aromatic ring is 1. The van der Waals surface area contributed by atoms with Gasteiger partial charge in [-0.15, -0.1) is 0 Å². The molecule has 0 atom stereocenters. The van der Waals surface area contributed by atoms with Gasteiger partial charge in [-0.2, -0.15) is 5.10 Å². The Hall–Kier alpha value is -2.95. The number of rotatable bonds is 1. The van der Waals surface area contributed by atoms with E-state index in [1.165, 1.54) is 0 Å². The molecule has 0 amide bonds. The summed E-state index contributed by atoms with van der Waals surface area (Å²) in [6.45, 7) is 0. The standard InChI is InChI=1S/C15H11N5/c16-11-5-6-13-12(7-11)15(18-9-17-13)20-14-4-2-1-3-10(14)8-19-20/h1-9H,16H2. The monoisotopic (exact) mass is 261 g/mol. The molecule has 0 saturated heterocycles. The summed E-state index contributed by atoms with van der Waals surface area (Å²) in [7, 11) is 0. The maximum absolute atomic E-state index is 5.87. The Labute approximate surface area is 114 Å². The van der Waals surface area contributed by atoms with Crippen LogP contribution in [0.3, 0.4) is 0 Å². The zero-order valence-electron chi connectivity index (χ0n) is 10.6. The lowest BCUT2D eigenvalue weighted by Crippen LogP contribution is -2.01. The van der Waals surface area contributed by atoms with Crippen LogP contribution in [-0.2, 0) is 0 Å². The number of para-hydroxylation sites is 1. The Kier molecular flexibility index (Phi) is 2.20. The molecule has 4 aromatic rings. The molecule has 4 rings (SSSR count). The Morgan fingerprint density at radius 3 is 2.85 bits per heavy atom. The molecule has 0 bridgehead atoms. The largest absolute Gasteiger partial charge is 0.399 e. The molecular formula is C15H11N5. The van der Waals surface area contributed by atoms with Crippen molar-refractivity contribution in [2.75, 3.05) is 5.73 Å². The lowest BCUT2D eigenvalue weighted by Gasteiger charge is -2.06. The summed E-state index contributed by atoms with van der Waals surface area (Å²) in [5, 5.41) is 6.39. The van der Waals surface area contributed by atoms with Crippen LogP contribution in [0.1, 0.15) is 0 Å². The first-order valence-electron chi connectivity index (χ1n) is 6.26. The Bertz CT molecular complexity index is 926. The predicted molar refractivity (Wildman–Crippen MR) is 78.6 cm³/mol. The van der Waals surface area contributed by atoms with Crippen LogP contribution in [0.15, 0.2) is 55.0 Å². The van der Waals surface area contributed by atoms with E-state index in [1.807, 2.05) is 53.3 Å². The van der Waals surface area contributed by atoms with E-state index in [2.05, 4.69) is 15.1 Å². The molecule has 5 heteroatoms. The molecule has 2 aromatic heterocycles. The van der Waals surface area contributed by atoms with Gasteiger partial charge in [0.2, 0.25) is 0 Å².